The second-order valence-corrected chi connectivity index (χ2v) is 9.76. The smallest absolute Gasteiger partial charge is 0.319 e. The minimum Gasteiger partial charge on any atom is -0.491 e. The van der Waals surface area contributed by atoms with Gasteiger partial charge < -0.3 is 20.1 Å². The van der Waals surface area contributed by atoms with Gasteiger partial charge in [-0.05, 0) is 48.7 Å². The Morgan fingerprint density at radius 2 is 1.81 bits per heavy atom. The molecule has 0 saturated carbocycles. The first-order chi connectivity index (χ1) is 17.7. The van der Waals surface area contributed by atoms with Crippen LogP contribution in [0.2, 0.25) is 10.0 Å². The van der Waals surface area contributed by atoms with E-state index < -0.39 is 23.7 Å². The van der Waals surface area contributed by atoms with E-state index in [4.69, 9.17) is 32.7 Å². The summed E-state index contributed by atoms with van der Waals surface area (Å²) in [6.45, 7) is 4.14. The predicted molar refractivity (Wildman–Crippen MR) is 144 cm³/mol. The van der Waals surface area contributed by atoms with Crippen molar-refractivity contribution in [2.45, 2.75) is 26.2 Å². The number of anilines is 1. The number of allylic oxidation sites excluding steroid dienone is 1. The third-order valence-electron chi connectivity index (χ3n) is 5.65. The number of carbonyl (C=O) groups is 3. The summed E-state index contributed by atoms with van der Waals surface area (Å²) in [5.41, 5.74) is 2.21. The number of amides is 2. The molecule has 1 aliphatic rings. The molecule has 0 bridgehead atoms. The van der Waals surface area contributed by atoms with Crippen molar-refractivity contribution in [1.29, 1.82) is 5.26 Å². The molecular formula is C26H25Cl2N3O5S. The van der Waals surface area contributed by atoms with Crippen LogP contribution in [-0.4, -0.2) is 37.3 Å². The van der Waals surface area contributed by atoms with E-state index >= 15 is 0 Å². The molecule has 194 valence electrons. The number of esters is 1. The van der Waals surface area contributed by atoms with Crippen LogP contribution in [0, 0.1) is 17.2 Å². The number of ether oxygens (including phenoxy) is 2. The first-order valence-electron chi connectivity index (χ1n) is 11.4. The van der Waals surface area contributed by atoms with Crippen molar-refractivity contribution < 1.29 is 23.9 Å². The van der Waals surface area contributed by atoms with E-state index in [2.05, 4.69) is 16.7 Å². The van der Waals surface area contributed by atoms with Gasteiger partial charge in [0.05, 0.1) is 46.2 Å². The molecule has 2 atom stereocenters. The molecule has 0 aliphatic carbocycles. The zero-order valence-electron chi connectivity index (χ0n) is 20.4. The van der Waals surface area contributed by atoms with Crippen LogP contribution in [0.4, 0.5) is 5.69 Å². The van der Waals surface area contributed by atoms with Gasteiger partial charge in [-0.15, -0.1) is 0 Å². The van der Waals surface area contributed by atoms with Crippen LogP contribution in [-0.2, 0) is 25.5 Å². The average Bonchev–Trinajstić information content (AvgIpc) is 2.89. The number of aryl methyl sites for hydroxylation is 1. The number of hydrogen-bond acceptors (Lipinski definition) is 7. The third kappa shape index (κ3) is 6.58. The molecule has 8 nitrogen and oxygen atoms in total. The maximum Gasteiger partial charge on any atom is 0.319 e. The Hall–Kier alpha value is -3.19. The van der Waals surface area contributed by atoms with Gasteiger partial charge in [0.25, 0.3) is 0 Å². The molecule has 2 aromatic carbocycles. The van der Waals surface area contributed by atoms with E-state index in [0.717, 1.165) is 30.9 Å². The van der Waals surface area contributed by atoms with E-state index in [1.807, 2.05) is 19.1 Å². The van der Waals surface area contributed by atoms with E-state index in [-0.39, 0.29) is 38.1 Å². The lowest BCUT2D eigenvalue weighted by Gasteiger charge is -2.31. The zero-order chi connectivity index (χ0) is 27.1. The fraction of sp³-hybridized carbons (Fsp3) is 0.308. The molecule has 0 unspecified atom stereocenters. The second-order valence-electron chi connectivity index (χ2n) is 7.96. The quantitative estimate of drug-likeness (QED) is 0.324. The van der Waals surface area contributed by atoms with Gasteiger partial charge in [0, 0.05) is 11.6 Å². The normalized spacial score (nSPS) is 17.0. The number of carbonyl (C=O) groups excluding carboxylic acids is 3. The van der Waals surface area contributed by atoms with E-state index in [1.54, 1.807) is 19.1 Å². The van der Waals surface area contributed by atoms with Crippen molar-refractivity contribution in [2.75, 3.05) is 24.8 Å². The second kappa shape index (κ2) is 12.9. The van der Waals surface area contributed by atoms with Crippen molar-refractivity contribution in [2.24, 2.45) is 5.92 Å². The molecule has 1 aliphatic heterocycles. The van der Waals surface area contributed by atoms with Crippen molar-refractivity contribution >= 4 is 58.4 Å². The predicted octanol–water partition coefficient (Wildman–Crippen LogP) is 5.06. The number of nitrogens with zero attached hydrogens (tertiary/aromatic N) is 1. The Balaban J connectivity index is 1.93. The van der Waals surface area contributed by atoms with Gasteiger partial charge in [0.15, 0.2) is 5.75 Å². The molecule has 11 heteroatoms. The van der Waals surface area contributed by atoms with Crippen molar-refractivity contribution in [3.8, 4) is 11.8 Å². The molecule has 0 spiro atoms. The largest absolute Gasteiger partial charge is 0.491 e. The minimum atomic E-state index is -1.36. The summed E-state index contributed by atoms with van der Waals surface area (Å²) in [5.74, 6) is -4.05. The SMILES string of the molecule is CCOc1c(Cl)cc([C@@H]2C(C#N)=C(SCC(=O)Nc3ccc(CC)cc3)NC(=O)[C@H]2C(=O)OC)cc1Cl. The molecule has 2 N–H and O–H groups in total. The maximum atomic E-state index is 13.0. The van der Waals surface area contributed by atoms with Crippen molar-refractivity contribution in [1.82, 2.24) is 5.32 Å². The zero-order valence-corrected chi connectivity index (χ0v) is 22.7. The summed E-state index contributed by atoms with van der Waals surface area (Å²) in [6, 6.07) is 12.5. The van der Waals surface area contributed by atoms with Gasteiger partial charge in [0.1, 0.15) is 5.92 Å². The topological polar surface area (TPSA) is 118 Å². The lowest BCUT2D eigenvalue weighted by molar-refractivity contribution is -0.150. The summed E-state index contributed by atoms with van der Waals surface area (Å²) < 4.78 is 10.3. The summed E-state index contributed by atoms with van der Waals surface area (Å²) in [7, 11) is 1.15. The monoisotopic (exact) mass is 561 g/mol. The highest BCUT2D eigenvalue weighted by molar-refractivity contribution is 8.03. The number of thioether (sulfide) groups is 1. The molecule has 0 fully saturated rings. The number of rotatable bonds is 9. The molecule has 2 amide bonds. The Labute approximate surface area is 229 Å². The molecule has 0 aromatic heterocycles. The van der Waals surface area contributed by atoms with Gasteiger partial charge in [-0.3, -0.25) is 14.4 Å². The molecule has 37 heavy (non-hydrogen) atoms. The van der Waals surface area contributed by atoms with Gasteiger partial charge >= 0.3 is 5.97 Å². The summed E-state index contributed by atoms with van der Waals surface area (Å²) >= 11 is 13.7. The maximum absolute atomic E-state index is 13.0. The van der Waals surface area contributed by atoms with Crippen LogP contribution < -0.4 is 15.4 Å². The Morgan fingerprint density at radius 3 is 2.35 bits per heavy atom. The lowest BCUT2D eigenvalue weighted by Crippen LogP contribution is -2.44. The third-order valence-corrected chi connectivity index (χ3v) is 7.22. The molecule has 3 rings (SSSR count). The fourth-order valence-electron chi connectivity index (χ4n) is 3.88. The number of nitriles is 1. The lowest BCUT2D eigenvalue weighted by atomic mass is 9.78. The molecule has 1 heterocycles. The molecule has 0 saturated heterocycles. The number of hydrogen-bond donors (Lipinski definition) is 2. The first-order valence-corrected chi connectivity index (χ1v) is 13.1. The van der Waals surface area contributed by atoms with E-state index in [9.17, 15) is 19.6 Å². The highest BCUT2D eigenvalue weighted by Crippen LogP contribution is 2.44. The van der Waals surface area contributed by atoms with Crippen LogP contribution in [0.15, 0.2) is 47.0 Å². The van der Waals surface area contributed by atoms with Crippen LogP contribution in [0.25, 0.3) is 0 Å². The fourth-order valence-corrected chi connectivity index (χ4v) is 5.34. The number of nitrogens with one attached hydrogen (secondary N) is 2. The summed E-state index contributed by atoms with van der Waals surface area (Å²) in [6.07, 6.45) is 0.882. The van der Waals surface area contributed by atoms with Gasteiger partial charge in [0.2, 0.25) is 11.8 Å². The van der Waals surface area contributed by atoms with Crippen LogP contribution in [0.3, 0.4) is 0 Å². The highest BCUT2D eigenvalue weighted by atomic mass is 35.5. The van der Waals surface area contributed by atoms with Gasteiger partial charge in [-0.2, -0.15) is 5.26 Å². The number of halogens is 2. The van der Waals surface area contributed by atoms with E-state index in [0.29, 0.717) is 17.9 Å². The van der Waals surface area contributed by atoms with Crippen molar-refractivity contribution in [3.63, 3.8) is 0 Å². The van der Waals surface area contributed by atoms with Crippen LogP contribution in [0.1, 0.15) is 30.9 Å². The first kappa shape index (κ1) is 28.4. The standard InChI is InChI=1S/C26H25Cl2N3O5S/c1-4-14-6-8-16(9-7-14)30-20(32)13-37-25-17(12-29)21(22(24(33)31-25)26(34)35-3)15-10-18(27)23(36-5-2)19(28)11-15/h6-11,21-22H,4-5,13H2,1-3H3,(H,30,32)(H,31,33)/t21-,22+/m1/s1. The van der Waals surface area contributed by atoms with Gasteiger partial charge in [-0.1, -0.05) is 54.0 Å². The van der Waals surface area contributed by atoms with Crippen LogP contribution >= 0.6 is 35.0 Å². The molecular weight excluding hydrogens is 537 g/mol. The molecule has 2 aromatic rings. The van der Waals surface area contributed by atoms with Crippen molar-refractivity contribution in [3.05, 3.63) is 68.2 Å². The molecule has 0 radical (unpaired) electrons. The Kier molecular flexibility index (Phi) is 9.86. The van der Waals surface area contributed by atoms with Crippen LogP contribution in [0.5, 0.6) is 5.75 Å². The summed E-state index contributed by atoms with van der Waals surface area (Å²) in [4.78, 5) is 38.2. The Bertz CT molecular complexity index is 1250. The summed E-state index contributed by atoms with van der Waals surface area (Å²) in [5, 5.41) is 15.9. The van der Waals surface area contributed by atoms with E-state index in [1.165, 1.54) is 12.1 Å². The van der Waals surface area contributed by atoms with Gasteiger partial charge in [-0.25, -0.2) is 0 Å². The highest BCUT2D eigenvalue weighted by Gasteiger charge is 2.44. The number of methoxy groups -OCH3 is 1. The minimum absolute atomic E-state index is 0.0800. The average molecular weight is 562 g/mol. The Morgan fingerprint density at radius 1 is 1.16 bits per heavy atom. The number of benzene rings is 2.